The lowest BCUT2D eigenvalue weighted by molar-refractivity contribution is -0.295. The number of anilines is 2. The Labute approximate surface area is 142 Å². The van der Waals surface area contributed by atoms with E-state index in [0.29, 0.717) is 22.3 Å². The molecule has 0 amide bonds. The number of rotatable bonds is 4. The molecule has 0 saturated heterocycles. The number of carboxylic acid groups (broad SMARTS) is 1. The molecule has 25 heavy (non-hydrogen) atoms. The third-order valence-electron chi connectivity index (χ3n) is 3.91. The van der Waals surface area contributed by atoms with Gasteiger partial charge in [-0.3, -0.25) is 0 Å². The average molecular weight is 330 g/mol. The van der Waals surface area contributed by atoms with Gasteiger partial charge in [0.15, 0.2) is 0 Å². The molecule has 0 radical (unpaired) electrons. The number of hydrogen-bond acceptors (Lipinski definition) is 6. The Morgan fingerprint density at radius 2 is 1.92 bits per heavy atom. The number of H-pyrrole nitrogens is 1. The van der Waals surface area contributed by atoms with Crippen LogP contribution in [0.1, 0.15) is 5.56 Å². The van der Waals surface area contributed by atoms with Gasteiger partial charge in [-0.15, -0.1) is 0 Å². The smallest absolute Gasteiger partial charge is 0.141 e. The van der Waals surface area contributed by atoms with E-state index in [4.69, 9.17) is 0 Å². The van der Waals surface area contributed by atoms with Gasteiger partial charge in [-0.05, 0) is 41.5 Å². The highest BCUT2D eigenvalue weighted by atomic mass is 16.4. The number of aromatic nitrogens is 4. The molecule has 4 rings (SSSR count). The number of carboxylic acids is 1. The lowest BCUT2D eigenvalue weighted by atomic mass is 10.1. The predicted molar refractivity (Wildman–Crippen MR) is 93.0 cm³/mol. The summed E-state index contributed by atoms with van der Waals surface area (Å²) < 4.78 is 0. The van der Waals surface area contributed by atoms with Crippen molar-refractivity contribution in [3.8, 4) is 0 Å². The summed E-state index contributed by atoms with van der Waals surface area (Å²) in [7, 11) is 0. The lowest BCUT2D eigenvalue weighted by Crippen LogP contribution is -2.22. The Bertz CT molecular complexity index is 1130. The van der Waals surface area contributed by atoms with E-state index in [9.17, 15) is 9.90 Å². The Hall–Kier alpha value is -3.74. The van der Waals surface area contributed by atoms with Crippen LogP contribution in [0, 0.1) is 0 Å². The summed E-state index contributed by atoms with van der Waals surface area (Å²) in [5.41, 5.74) is 3.64. The zero-order chi connectivity index (χ0) is 17.4. The number of hydrogen-bond donors (Lipinski definition) is 2. The molecule has 122 valence electrons. The highest BCUT2D eigenvalue weighted by Crippen LogP contribution is 2.27. The fourth-order valence-corrected chi connectivity index (χ4v) is 2.61. The molecule has 7 heteroatoms. The van der Waals surface area contributed by atoms with Crippen molar-refractivity contribution >= 4 is 45.0 Å². The van der Waals surface area contributed by atoms with Crippen LogP contribution in [0.4, 0.5) is 11.5 Å². The van der Waals surface area contributed by atoms with Crippen molar-refractivity contribution in [3.05, 3.63) is 61.2 Å². The van der Waals surface area contributed by atoms with Crippen LogP contribution < -0.4 is 10.4 Å². The van der Waals surface area contributed by atoms with Crippen LogP contribution in [0.5, 0.6) is 0 Å². The van der Waals surface area contributed by atoms with Gasteiger partial charge in [-0.25, -0.2) is 15.0 Å². The van der Waals surface area contributed by atoms with Crippen LogP contribution in [0.2, 0.25) is 0 Å². The van der Waals surface area contributed by atoms with Crippen molar-refractivity contribution in [2.45, 2.75) is 0 Å². The maximum atomic E-state index is 11.0. The zero-order valence-electron chi connectivity index (χ0n) is 13.0. The fourth-order valence-electron chi connectivity index (χ4n) is 2.61. The molecule has 0 aliphatic carbocycles. The molecule has 2 aromatic carbocycles. The van der Waals surface area contributed by atoms with E-state index in [1.807, 2.05) is 18.2 Å². The second kappa shape index (κ2) is 5.72. The third-order valence-corrected chi connectivity index (χ3v) is 3.91. The number of nitrogens with one attached hydrogen (secondary N) is 2. The second-order valence-corrected chi connectivity index (χ2v) is 5.48. The first-order valence-electron chi connectivity index (χ1n) is 7.47. The standard InChI is InChI=1S/C18H13N5O2/c1-10(18(24)25)11-2-4-14-13(6-11)17(22-9-19-14)23-12-3-5-15-16(7-12)21-8-20-15/h2-9H,1H2,(H,20,21)(H,24,25)(H,19,22,23)/p-1. The Morgan fingerprint density at radius 1 is 1.08 bits per heavy atom. The lowest BCUT2D eigenvalue weighted by Gasteiger charge is -2.11. The molecular formula is C18H12N5O2-. The van der Waals surface area contributed by atoms with Gasteiger partial charge in [0.1, 0.15) is 12.1 Å². The number of carbonyl (C=O) groups is 1. The zero-order valence-corrected chi connectivity index (χ0v) is 13.0. The van der Waals surface area contributed by atoms with Gasteiger partial charge in [-0.1, -0.05) is 12.6 Å². The minimum atomic E-state index is -1.31. The molecule has 0 bridgehead atoms. The maximum absolute atomic E-state index is 11.0. The molecule has 0 spiro atoms. The third kappa shape index (κ3) is 2.67. The topological polar surface area (TPSA) is 107 Å². The number of aliphatic carboxylic acids is 1. The highest BCUT2D eigenvalue weighted by molar-refractivity contribution is 6.14. The summed E-state index contributed by atoms with van der Waals surface area (Å²) in [6.45, 7) is 3.54. The van der Waals surface area contributed by atoms with Crippen LogP contribution in [0.15, 0.2) is 55.6 Å². The Kier molecular flexibility index (Phi) is 3.39. The van der Waals surface area contributed by atoms with Gasteiger partial charge in [0.25, 0.3) is 0 Å². The van der Waals surface area contributed by atoms with Crippen LogP contribution >= 0.6 is 0 Å². The number of aromatic amines is 1. The van der Waals surface area contributed by atoms with Crippen molar-refractivity contribution in [1.29, 1.82) is 0 Å². The quantitative estimate of drug-likeness (QED) is 0.554. The molecule has 2 aromatic heterocycles. The molecule has 0 aliphatic rings. The minimum Gasteiger partial charge on any atom is -0.545 e. The monoisotopic (exact) mass is 330 g/mol. The summed E-state index contributed by atoms with van der Waals surface area (Å²) >= 11 is 0. The number of carbonyl (C=O) groups excluding carboxylic acids is 1. The molecule has 2 N–H and O–H groups in total. The predicted octanol–water partition coefficient (Wildman–Crippen LogP) is 2.01. The van der Waals surface area contributed by atoms with Gasteiger partial charge in [0.2, 0.25) is 0 Å². The van der Waals surface area contributed by atoms with Crippen molar-refractivity contribution < 1.29 is 9.90 Å². The SMILES string of the molecule is C=C(C(=O)[O-])c1ccc2ncnc(Nc3ccc4nc[nH]c4c3)c2c1. The van der Waals surface area contributed by atoms with Gasteiger partial charge in [0.05, 0.1) is 28.8 Å². The molecule has 0 atom stereocenters. The van der Waals surface area contributed by atoms with Crippen molar-refractivity contribution in [1.82, 2.24) is 19.9 Å². The van der Waals surface area contributed by atoms with E-state index < -0.39 is 5.97 Å². The summed E-state index contributed by atoms with van der Waals surface area (Å²) in [6, 6.07) is 10.8. The minimum absolute atomic E-state index is 0.0874. The van der Waals surface area contributed by atoms with Gasteiger partial charge in [-0.2, -0.15) is 0 Å². The Balaban J connectivity index is 1.78. The summed E-state index contributed by atoms with van der Waals surface area (Å²) in [4.78, 5) is 26.8. The molecule has 7 nitrogen and oxygen atoms in total. The van der Waals surface area contributed by atoms with Gasteiger partial charge < -0.3 is 20.2 Å². The van der Waals surface area contributed by atoms with E-state index in [1.165, 1.54) is 6.33 Å². The Morgan fingerprint density at radius 3 is 2.76 bits per heavy atom. The van der Waals surface area contributed by atoms with Gasteiger partial charge in [0, 0.05) is 11.1 Å². The number of imidazole rings is 1. The largest absolute Gasteiger partial charge is 0.545 e. The van der Waals surface area contributed by atoms with Crippen LogP contribution in [-0.2, 0) is 4.79 Å². The van der Waals surface area contributed by atoms with E-state index >= 15 is 0 Å². The average Bonchev–Trinajstić information content (AvgIpc) is 3.08. The summed E-state index contributed by atoms with van der Waals surface area (Å²) in [5.74, 6) is -0.743. The first kappa shape index (κ1) is 14.8. The normalized spacial score (nSPS) is 10.9. The van der Waals surface area contributed by atoms with Gasteiger partial charge >= 0.3 is 0 Å². The van der Waals surface area contributed by atoms with E-state index in [1.54, 1.807) is 24.5 Å². The summed E-state index contributed by atoms with van der Waals surface area (Å²) in [5, 5.41) is 15.0. The first-order valence-corrected chi connectivity index (χ1v) is 7.47. The van der Waals surface area contributed by atoms with E-state index in [0.717, 1.165) is 16.7 Å². The molecule has 2 heterocycles. The molecule has 0 fully saturated rings. The van der Waals surface area contributed by atoms with Crippen LogP contribution in [0.3, 0.4) is 0 Å². The number of nitrogens with zero attached hydrogens (tertiary/aromatic N) is 3. The van der Waals surface area contributed by atoms with Crippen LogP contribution in [-0.4, -0.2) is 25.9 Å². The number of fused-ring (bicyclic) bond motifs is 2. The molecular weight excluding hydrogens is 318 g/mol. The fraction of sp³-hybridized carbons (Fsp3) is 0. The van der Waals surface area contributed by atoms with Crippen molar-refractivity contribution in [2.24, 2.45) is 0 Å². The second-order valence-electron chi connectivity index (χ2n) is 5.48. The molecule has 0 unspecified atom stereocenters. The van der Waals surface area contributed by atoms with Crippen LogP contribution in [0.25, 0.3) is 27.5 Å². The number of benzene rings is 2. The molecule has 0 saturated carbocycles. The van der Waals surface area contributed by atoms with Crippen molar-refractivity contribution in [3.63, 3.8) is 0 Å². The van der Waals surface area contributed by atoms with E-state index in [2.05, 4.69) is 31.8 Å². The molecule has 0 aliphatic heterocycles. The summed E-state index contributed by atoms with van der Waals surface area (Å²) in [6.07, 6.45) is 3.08. The molecule has 4 aromatic rings. The van der Waals surface area contributed by atoms with Crippen molar-refractivity contribution in [2.75, 3.05) is 5.32 Å². The van der Waals surface area contributed by atoms with E-state index in [-0.39, 0.29) is 5.57 Å². The highest BCUT2D eigenvalue weighted by Gasteiger charge is 2.08. The maximum Gasteiger partial charge on any atom is 0.141 e. The first-order chi connectivity index (χ1) is 12.1.